The lowest BCUT2D eigenvalue weighted by molar-refractivity contribution is 0.229. The van der Waals surface area contributed by atoms with Gasteiger partial charge in [-0.1, -0.05) is 11.3 Å². The number of anilines is 1. The summed E-state index contributed by atoms with van der Waals surface area (Å²) in [5, 5.41) is 7.72. The Morgan fingerprint density at radius 3 is 2.44 bits per heavy atom. The molecule has 1 aromatic rings. The molecule has 1 aromatic heterocycles. The zero-order valence-corrected chi connectivity index (χ0v) is 11.8. The van der Waals surface area contributed by atoms with Gasteiger partial charge in [0, 0.05) is 34.2 Å². The smallest absolute Gasteiger partial charge is 0.326 e. The Hall–Kier alpha value is -1.26. The molecule has 1 aliphatic rings. The minimum atomic E-state index is -3.59. The number of amides is 2. The number of nitrogens with zero attached hydrogens (tertiary/aromatic N) is 5. The summed E-state index contributed by atoms with van der Waals surface area (Å²) < 4.78 is 24.6. The normalized spacial score (nSPS) is 17.0. The van der Waals surface area contributed by atoms with Crippen LogP contribution in [0.5, 0.6) is 0 Å². The van der Waals surface area contributed by atoms with Crippen LogP contribution in [0.1, 0.15) is 0 Å². The van der Waals surface area contributed by atoms with Crippen molar-refractivity contribution in [3.05, 3.63) is 0 Å². The molecule has 1 aliphatic heterocycles. The monoisotopic (exact) mass is 291 g/mol. The Morgan fingerprint density at radius 2 is 1.94 bits per heavy atom. The first-order valence-electron chi connectivity index (χ1n) is 5.12. The van der Waals surface area contributed by atoms with Crippen molar-refractivity contribution in [3.63, 3.8) is 0 Å². The van der Waals surface area contributed by atoms with Gasteiger partial charge in [0.15, 0.2) is 0 Å². The van der Waals surface area contributed by atoms with Crippen LogP contribution in [-0.4, -0.2) is 68.1 Å². The van der Waals surface area contributed by atoms with Gasteiger partial charge in [0.2, 0.25) is 9.47 Å². The highest BCUT2D eigenvalue weighted by Crippen LogP contribution is 2.27. The number of urea groups is 1. The highest BCUT2D eigenvalue weighted by molar-refractivity contribution is 7.91. The van der Waals surface area contributed by atoms with Crippen molar-refractivity contribution in [2.45, 2.75) is 4.34 Å². The van der Waals surface area contributed by atoms with E-state index >= 15 is 0 Å². The summed E-state index contributed by atoms with van der Waals surface area (Å²) in [6.45, 7) is 1.08. The molecular formula is C8H13N5O3S2. The molecule has 0 bridgehead atoms. The molecule has 2 rings (SSSR count). The Morgan fingerprint density at radius 1 is 1.28 bits per heavy atom. The van der Waals surface area contributed by atoms with Crippen LogP contribution < -0.4 is 4.90 Å². The summed E-state index contributed by atoms with van der Waals surface area (Å²) >= 11 is 0.898. The number of hydrogen-bond acceptors (Lipinski definition) is 6. The molecule has 0 unspecified atom stereocenters. The summed E-state index contributed by atoms with van der Waals surface area (Å²) in [4.78, 5) is 14.7. The fraction of sp³-hybridized carbons (Fsp3) is 0.625. The van der Waals surface area contributed by atoms with E-state index in [0.717, 1.165) is 15.6 Å². The van der Waals surface area contributed by atoms with Crippen molar-refractivity contribution in [1.82, 2.24) is 19.4 Å². The number of rotatable bonds is 3. The molecule has 0 aromatic carbocycles. The van der Waals surface area contributed by atoms with E-state index in [0.29, 0.717) is 18.2 Å². The second kappa shape index (κ2) is 4.44. The van der Waals surface area contributed by atoms with E-state index < -0.39 is 10.0 Å². The number of hydrogen-bond donors (Lipinski definition) is 0. The molecular weight excluding hydrogens is 278 g/mol. The van der Waals surface area contributed by atoms with Crippen LogP contribution in [0, 0.1) is 0 Å². The highest BCUT2D eigenvalue weighted by atomic mass is 32.2. The van der Waals surface area contributed by atoms with E-state index in [1.807, 2.05) is 0 Å². The number of sulfonamides is 1. The van der Waals surface area contributed by atoms with Crippen molar-refractivity contribution in [3.8, 4) is 0 Å². The van der Waals surface area contributed by atoms with Gasteiger partial charge in [-0.25, -0.2) is 17.5 Å². The summed E-state index contributed by atoms with van der Waals surface area (Å²) in [6.07, 6.45) is 0. The maximum atomic E-state index is 11.8. The van der Waals surface area contributed by atoms with E-state index in [1.165, 1.54) is 19.0 Å². The fourth-order valence-electron chi connectivity index (χ4n) is 1.40. The third kappa shape index (κ3) is 2.06. The lowest BCUT2D eigenvalue weighted by Crippen LogP contribution is -2.29. The second-order valence-corrected chi connectivity index (χ2v) is 7.28. The van der Waals surface area contributed by atoms with Gasteiger partial charge in [-0.15, -0.1) is 10.2 Å². The van der Waals surface area contributed by atoms with Crippen molar-refractivity contribution in [2.24, 2.45) is 0 Å². The minimum Gasteiger partial charge on any atom is -0.326 e. The van der Waals surface area contributed by atoms with Crippen LogP contribution in [0.25, 0.3) is 0 Å². The van der Waals surface area contributed by atoms with Gasteiger partial charge in [0.25, 0.3) is 10.0 Å². The van der Waals surface area contributed by atoms with Gasteiger partial charge in [0.1, 0.15) is 0 Å². The number of likely N-dealkylation sites (N-methyl/N-ethyl adjacent to an activating group) is 1. The predicted molar refractivity (Wildman–Crippen MR) is 66.2 cm³/mol. The fourth-order valence-corrected chi connectivity index (χ4v) is 3.54. The van der Waals surface area contributed by atoms with Crippen molar-refractivity contribution >= 4 is 32.5 Å². The molecule has 0 saturated carbocycles. The van der Waals surface area contributed by atoms with Crippen molar-refractivity contribution in [2.75, 3.05) is 39.1 Å². The van der Waals surface area contributed by atoms with Crippen LogP contribution in [0.4, 0.5) is 9.93 Å². The molecule has 1 fully saturated rings. The highest BCUT2D eigenvalue weighted by Gasteiger charge is 2.31. The Bertz CT molecular complexity index is 567. The van der Waals surface area contributed by atoms with Gasteiger partial charge in [0.05, 0.1) is 0 Å². The lowest BCUT2D eigenvalue weighted by atomic mass is 10.6. The van der Waals surface area contributed by atoms with Gasteiger partial charge >= 0.3 is 6.03 Å². The average Bonchev–Trinajstić information content (AvgIpc) is 2.88. The average molecular weight is 291 g/mol. The molecule has 0 aliphatic carbocycles. The van der Waals surface area contributed by atoms with Crippen LogP contribution in [0.15, 0.2) is 4.34 Å². The maximum Gasteiger partial charge on any atom is 0.326 e. The third-order valence-corrected chi connectivity index (χ3v) is 5.65. The van der Waals surface area contributed by atoms with Crippen molar-refractivity contribution in [1.29, 1.82) is 0 Å². The quantitative estimate of drug-likeness (QED) is 0.711. The van der Waals surface area contributed by atoms with Crippen molar-refractivity contribution < 1.29 is 13.2 Å². The Labute approximate surface area is 109 Å². The van der Waals surface area contributed by atoms with Gasteiger partial charge in [-0.3, -0.25) is 4.90 Å². The first-order chi connectivity index (χ1) is 8.34. The van der Waals surface area contributed by atoms with E-state index in [1.54, 1.807) is 11.9 Å². The Kier molecular flexibility index (Phi) is 3.25. The molecule has 10 heteroatoms. The second-order valence-electron chi connectivity index (χ2n) is 3.99. The minimum absolute atomic E-state index is 0.107. The van der Waals surface area contributed by atoms with Gasteiger partial charge in [-0.2, -0.15) is 0 Å². The molecule has 1 saturated heterocycles. The first-order valence-corrected chi connectivity index (χ1v) is 7.38. The molecule has 0 radical (unpaired) electrons. The van der Waals surface area contributed by atoms with Crippen LogP contribution >= 0.6 is 11.3 Å². The van der Waals surface area contributed by atoms with E-state index in [4.69, 9.17) is 0 Å². The summed E-state index contributed by atoms with van der Waals surface area (Å²) in [5.41, 5.74) is 0. The molecule has 0 N–H and O–H groups in total. The number of carbonyl (C=O) groups excluding carboxylic acids is 1. The van der Waals surface area contributed by atoms with E-state index in [2.05, 4.69) is 10.2 Å². The summed E-state index contributed by atoms with van der Waals surface area (Å²) in [7, 11) is 0.935. The lowest BCUT2D eigenvalue weighted by Gasteiger charge is -2.11. The van der Waals surface area contributed by atoms with E-state index in [9.17, 15) is 13.2 Å². The topological polar surface area (TPSA) is 86.7 Å². The predicted octanol–water partition coefficient (Wildman–Crippen LogP) is -0.340. The summed E-state index contributed by atoms with van der Waals surface area (Å²) in [5.74, 6) is 0. The maximum absolute atomic E-state index is 11.8. The molecule has 0 spiro atoms. The Balaban J connectivity index is 2.30. The summed E-state index contributed by atoms with van der Waals surface area (Å²) in [6, 6.07) is -0.194. The molecule has 2 heterocycles. The largest absolute Gasteiger partial charge is 0.326 e. The standard InChI is InChI=1S/C8H13N5O3S2/c1-11(2)18(15,16)7-10-9-6(17-7)13-5-4-12(3)8(13)14/h4-5H2,1-3H3. The SMILES string of the molecule is CN1CCN(c2nnc(S(=O)(=O)N(C)C)s2)C1=O. The number of aromatic nitrogens is 2. The van der Waals surface area contributed by atoms with Gasteiger partial charge < -0.3 is 4.90 Å². The van der Waals surface area contributed by atoms with E-state index in [-0.39, 0.29) is 10.4 Å². The number of carbonyl (C=O) groups is 1. The van der Waals surface area contributed by atoms with Crippen LogP contribution in [-0.2, 0) is 10.0 Å². The molecule has 0 atom stereocenters. The zero-order valence-electron chi connectivity index (χ0n) is 10.2. The van der Waals surface area contributed by atoms with Gasteiger partial charge in [-0.05, 0) is 0 Å². The molecule has 8 nitrogen and oxygen atoms in total. The first kappa shape index (κ1) is 13.2. The third-order valence-electron chi connectivity index (χ3n) is 2.54. The molecule has 18 heavy (non-hydrogen) atoms. The molecule has 100 valence electrons. The zero-order chi connectivity index (χ0) is 13.5. The van der Waals surface area contributed by atoms with Crippen LogP contribution in [0.2, 0.25) is 0 Å². The van der Waals surface area contributed by atoms with Crippen LogP contribution in [0.3, 0.4) is 0 Å². The molecule has 2 amide bonds.